The van der Waals surface area contributed by atoms with E-state index in [1.807, 2.05) is 0 Å². The first-order valence-corrected chi connectivity index (χ1v) is 5.42. The number of halogens is 1. The number of aromatic nitrogens is 2. The van der Waals surface area contributed by atoms with Gasteiger partial charge in [0, 0.05) is 17.8 Å². The van der Waals surface area contributed by atoms with Crippen molar-refractivity contribution >= 4 is 27.5 Å². The minimum atomic E-state index is 0.0886. The van der Waals surface area contributed by atoms with E-state index in [9.17, 15) is 4.79 Å². The summed E-state index contributed by atoms with van der Waals surface area (Å²) in [6.45, 7) is 0.661. The Labute approximate surface area is 95.6 Å². The highest BCUT2D eigenvalue weighted by molar-refractivity contribution is 9.09. The Balaban J connectivity index is 2.19. The Kier molecular flexibility index (Phi) is 2.86. The lowest BCUT2D eigenvalue weighted by molar-refractivity contribution is -0.117. The molecule has 5 nitrogen and oxygen atoms in total. The number of carbonyl (C=O) groups excluding carboxylic acids is 1. The van der Waals surface area contributed by atoms with Crippen LogP contribution in [0.4, 0.5) is 5.69 Å². The van der Waals surface area contributed by atoms with Crippen LogP contribution in [0.3, 0.4) is 0 Å². The van der Waals surface area contributed by atoms with Crippen LogP contribution < -0.4 is 9.64 Å². The van der Waals surface area contributed by atoms with Crippen molar-refractivity contribution in [2.24, 2.45) is 0 Å². The molecule has 0 bridgehead atoms. The molecule has 1 amide bonds. The van der Waals surface area contributed by atoms with Crippen molar-refractivity contribution in [2.75, 3.05) is 18.6 Å². The quantitative estimate of drug-likeness (QED) is 0.753. The molecule has 1 fully saturated rings. The van der Waals surface area contributed by atoms with E-state index >= 15 is 0 Å². The number of amides is 1. The molecule has 1 aliphatic heterocycles. The van der Waals surface area contributed by atoms with E-state index in [1.165, 1.54) is 7.11 Å². The topological polar surface area (TPSA) is 55.3 Å². The average Bonchev–Trinajstić information content (AvgIpc) is 2.58. The number of rotatable bonds is 2. The molecule has 2 rings (SSSR count). The first-order valence-electron chi connectivity index (χ1n) is 4.51. The van der Waals surface area contributed by atoms with E-state index < -0.39 is 0 Å². The third-order valence-electron chi connectivity index (χ3n) is 2.19. The largest absolute Gasteiger partial charge is 0.467 e. The van der Waals surface area contributed by atoms with Crippen LogP contribution >= 0.6 is 15.9 Å². The van der Waals surface area contributed by atoms with Crippen molar-refractivity contribution in [3.05, 3.63) is 12.4 Å². The third kappa shape index (κ3) is 2.09. The van der Waals surface area contributed by atoms with Gasteiger partial charge in [0.15, 0.2) is 0 Å². The summed E-state index contributed by atoms with van der Waals surface area (Å²) in [6, 6.07) is 0.306. The van der Waals surface area contributed by atoms with Gasteiger partial charge in [0.25, 0.3) is 0 Å². The molecule has 0 saturated carbocycles. The minimum absolute atomic E-state index is 0.0886. The van der Waals surface area contributed by atoms with Crippen molar-refractivity contribution in [1.29, 1.82) is 0 Å². The summed E-state index contributed by atoms with van der Waals surface area (Å²) >= 11 is 3.42. The summed E-state index contributed by atoms with van der Waals surface area (Å²) in [4.78, 5) is 21.3. The molecule has 1 unspecified atom stereocenters. The summed E-state index contributed by atoms with van der Waals surface area (Å²) in [6.07, 6.45) is 3.70. The molecule has 0 aliphatic carbocycles. The van der Waals surface area contributed by atoms with Gasteiger partial charge in [0.2, 0.25) is 5.91 Å². The fraction of sp³-hybridized carbons (Fsp3) is 0.444. The number of anilines is 1. The molecule has 1 aromatic heterocycles. The normalized spacial score (nSPS) is 20.8. The Hall–Kier alpha value is -1.17. The van der Waals surface area contributed by atoms with Crippen LogP contribution in [0.25, 0.3) is 0 Å². The molecule has 1 atom stereocenters. The van der Waals surface area contributed by atoms with Crippen molar-refractivity contribution in [1.82, 2.24) is 9.97 Å². The smallest absolute Gasteiger partial charge is 0.316 e. The van der Waals surface area contributed by atoms with Gasteiger partial charge in [-0.15, -0.1) is 0 Å². The molecule has 15 heavy (non-hydrogen) atoms. The van der Waals surface area contributed by atoms with E-state index in [0.717, 1.165) is 0 Å². The highest BCUT2D eigenvalue weighted by atomic mass is 79.9. The monoisotopic (exact) mass is 271 g/mol. The van der Waals surface area contributed by atoms with Crippen molar-refractivity contribution in [2.45, 2.75) is 11.2 Å². The van der Waals surface area contributed by atoms with E-state index in [4.69, 9.17) is 4.74 Å². The van der Waals surface area contributed by atoms with E-state index in [1.54, 1.807) is 17.3 Å². The fourth-order valence-electron chi connectivity index (χ4n) is 1.47. The maximum atomic E-state index is 11.5. The summed E-state index contributed by atoms with van der Waals surface area (Å²) in [5.74, 6) is 0.0886. The molecule has 0 radical (unpaired) electrons. The van der Waals surface area contributed by atoms with Crippen LogP contribution in [0.2, 0.25) is 0 Å². The molecule has 80 valence electrons. The second-order valence-corrected chi connectivity index (χ2v) is 4.53. The lowest BCUT2D eigenvalue weighted by Crippen LogP contribution is -2.24. The summed E-state index contributed by atoms with van der Waals surface area (Å²) in [5, 5.41) is 0. The van der Waals surface area contributed by atoms with Gasteiger partial charge < -0.3 is 9.64 Å². The van der Waals surface area contributed by atoms with Crippen LogP contribution in [0.15, 0.2) is 12.4 Å². The van der Waals surface area contributed by atoms with Gasteiger partial charge in [-0.3, -0.25) is 4.79 Å². The lowest BCUT2D eigenvalue weighted by Gasteiger charge is -2.14. The molecule has 1 aliphatic rings. The third-order valence-corrected chi connectivity index (χ3v) is 2.80. The zero-order valence-electron chi connectivity index (χ0n) is 8.18. The molecule has 1 aromatic rings. The SMILES string of the molecule is COc1ncc(N2CC(Br)CC2=O)cn1. The fourth-order valence-corrected chi connectivity index (χ4v) is 2.03. The lowest BCUT2D eigenvalue weighted by atomic mass is 10.4. The van der Waals surface area contributed by atoms with E-state index in [-0.39, 0.29) is 10.7 Å². The summed E-state index contributed by atoms with van der Waals surface area (Å²) in [5.41, 5.74) is 0.711. The number of methoxy groups -OCH3 is 1. The Bertz CT molecular complexity index is 368. The molecule has 1 saturated heterocycles. The first kappa shape index (κ1) is 10.4. The van der Waals surface area contributed by atoms with Gasteiger partial charge in [-0.25, -0.2) is 9.97 Å². The molecular formula is C9H10BrN3O2. The first-order chi connectivity index (χ1) is 7.20. The van der Waals surface area contributed by atoms with Crippen LogP contribution in [0.1, 0.15) is 6.42 Å². The van der Waals surface area contributed by atoms with E-state index in [2.05, 4.69) is 25.9 Å². The van der Waals surface area contributed by atoms with Gasteiger partial charge in [0.05, 0.1) is 25.2 Å². The van der Waals surface area contributed by atoms with Gasteiger partial charge in [-0.1, -0.05) is 15.9 Å². The predicted octanol–water partition coefficient (Wildman–Crippen LogP) is 0.985. The second kappa shape index (κ2) is 4.14. The summed E-state index contributed by atoms with van der Waals surface area (Å²) < 4.78 is 4.84. The predicted molar refractivity (Wildman–Crippen MR) is 58.3 cm³/mol. The zero-order chi connectivity index (χ0) is 10.8. The standard InChI is InChI=1S/C9H10BrN3O2/c1-15-9-11-3-7(4-12-9)13-5-6(10)2-8(13)14/h3-4,6H,2,5H2,1H3. The maximum Gasteiger partial charge on any atom is 0.316 e. The molecule has 2 heterocycles. The van der Waals surface area contributed by atoms with Gasteiger partial charge >= 0.3 is 6.01 Å². The zero-order valence-corrected chi connectivity index (χ0v) is 9.77. The Morgan fingerprint density at radius 2 is 2.20 bits per heavy atom. The number of carbonyl (C=O) groups is 1. The number of hydrogen-bond donors (Lipinski definition) is 0. The molecular weight excluding hydrogens is 262 g/mol. The molecule has 0 aromatic carbocycles. The van der Waals surface area contributed by atoms with Gasteiger partial charge in [-0.2, -0.15) is 0 Å². The van der Waals surface area contributed by atoms with Crippen molar-refractivity contribution in [3.63, 3.8) is 0 Å². The highest BCUT2D eigenvalue weighted by Crippen LogP contribution is 2.24. The maximum absolute atomic E-state index is 11.5. The number of nitrogens with zero attached hydrogens (tertiary/aromatic N) is 3. The molecule has 0 spiro atoms. The van der Waals surface area contributed by atoms with E-state index in [0.29, 0.717) is 24.7 Å². The Morgan fingerprint density at radius 3 is 2.67 bits per heavy atom. The number of alkyl halides is 1. The van der Waals surface area contributed by atoms with Crippen LogP contribution in [0.5, 0.6) is 6.01 Å². The Morgan fingerprint density at radius 1 is 1.53 bits per heavy atom. The number of hydrogen-bond acceptors (Lipinski definition) is 4. The van der Waals surface area contributed by atoms with Crippen molar-refractivity contribution < 1.29 is 9.53 Å². The second-order valence-electron chi connectivity index (χ2n) is 3.23. The van der Waals surface area contributed by atoms with Crippen LogP contribution in [-0.4, -0.2) is 34.4 Å². The number of ether oxygens (including phenoxy) is 1. The summed E-state index contributed by atoms with van der Waals surface area (Å²) in [7, 11) is 1.50. The van der Waals surface area contributed by atoms with Crippen molar-refractivity contribution in [3.8, 4) is 6.01 Å². The molecule has 0 N–H and O–H groups in total. The minimum Gasteiger partial charge on any atom is -0.467 e. The van der Waals surface area contributed by atoms with Gasteiger partial charge in [0.1, 0.15) is 0 Å². The average molecular weight is 272 g/mol. The highest BCUT2D eigenvalue weighted by Gasteiger charge is 2.29. The van der Waals surface area contributed by atoms with Gasteiger partial charge in [-0.05, 0) is 0 Å². The van der Waals surface area contributed by atoms with Crippen LogP contribution in [-0.2, 0) is 4.79 Å². The van der Waals surface area contributed by atoms with Crippen LogP contribution in [0, 0.1) is 0 Å². The molecule has 6 heteroatoms.